The third-order valence-corrected chi connectivity index (χ3v) is 5.05. The van der Waals surface area contributed by atoms with Crippen LogP contribution in [0.1, 0.15) is 13.3 Å². The summed E-state index contributed by atoms with van der Waals surface area (Å²) in [6.07, 6.45) is 2.17. The maximum atomic E-state index is 12.5. The Morgan fingerprint density at radius 1 is 1.58 bits per heavy atom. The SMILES string of the molecule is CCNc1cccnc1S(=O)(=O)N1CCC(CO)C1. The highest BCUT2D eigenvalue weighted by Gasteiger charge is 2.34. The highest BCUT2D eigenvalue weighted by atomic mass is 32.2. The standard InChI is InChI=1S/C12H19N3O3S/c1-2-13-11-4-3-6-14-12(11)19(17,18)15-7-5-10(8-15)9-16/h3-4,6,10,13,16H,2,5,7-9H2,1H3. The minimum Gasteiger partial charge on any atom is -0.396 e. The molecule has 1 atom stereocenters. The van der Waals surface area contributed by atoms with Crippen molar-refractivity contribution < 1.29 is 13.5 Å². The van der Waals surface area contributed by atoms with Crippen molar-refractivity contribution in [2.75, 3.05) is 31.6 Å². The van der Waals surface area contributed by atoms with Gasteiger partial charge in [-0.25, -0.2) is 13.4 Å². The van der Waals surface area contributed by atoms with Gasteiger partial charge in [0.15, 0.2) is 5.03 Å². The van der Waals surface area contributed by atoms with Crippen molar-refractivity contribution in [3.05, 3.63) is 18.3 Å². The average Bonchev–Trinajstić information content (AvgIpc) is 2.89. The average molecular weight is 285 g/mol. The van der Waals surface area contributed by atoms with Crippen LogP contribution in [0.2, 0.25) is 0 Å². The number of sulfonamides is 1. The van der Waals surface area contributed by atoms with Crippen molar-refractivity contribution in [3.8, 4) is 0 Å². The molecule has 106 valence electrons. The highest BCUT2D eigenvalue weighted by Crippen LogP contribution is 2.26. The van der Waals surface area contributed by atoms with Crippen LogP contribution in [0.4, 0.5) is 5.69 Å². The predicted molar refractivity (Wildman–Crippen MR) is 72.4 cm³/mol. The van der Waals surface area contributed by atoms with Gasteiger partial charge in [-0.05, 0) is 31.4 Å². The fraction of sp³-hybridized carbons (Fsp3) is 0.583. The first-order valence-corrected chi connectivity index (χ1v) is 7.83. The molecule has 1 aromatic rings. The number of aromatic nitrogens is 1. The van der Waals surface area contributed by atoms with Crippen LogP contribution in [0.15, 0.2) is 23.4 Å². The smallest absolute Gasteiger partial charge is 0.262 e. The first-order valence-electron chi connectivity index (χ1n) is 6.39. The molecule has 2 N–H and O–H groups in total. The monoisotopic (exact) mass is 285 g/mol. The van der Waals surface area contributed by atoms with E-state index in [1.807, 2.05) is 6.92 Å². The molecule has 19 heavy (non-hydrogen) atoms. The van der Waals surface area contributed by atoms with E-state index in [-0.39, 0.29) is 17.6 Å². The van der Waals surface area contributed by atoms with Crippen LogP contribution >= 0.6 is 0 Å². The fourth-order valence-electron chi connectivity index (χ4n) is 2.21. The van der Waals surface area contributed by atoms with Gasteiger partial charge in [0, 0.05) is 32.4 Å². The van der Waals surface area contributed by atoms with Gasteiger partial charge in [0.25, 0.3) is 10.0 Å². The summed E-state index contributed by atoms with van der Waals surface area (Å²) in [5, 5.41) is 12.2. The largest absolute Gasteiger partial charge is 0.396 e. The van der Waals surface area contributed by atoms with Gasteiger partial charge in [0.2, 0.25) is 0 Å². The number of nitrogens with zero attached hydrogens (tertiary/aromatic N) is 2. The van der Waals surface area contributed by atoms with E-state index in [9.17, 15) is 8.42 Å². The lowest BCUT2D eigenvalue weighted by atomic mass is 10.1. The zero-order valence-corrected chi connectivity index (χ0v) is 11.7. The summed E-state index contributed by atoms with van der Waals surface area (Å²) in [4.78, 5) is 4.01. The molecule has 1 aliphatic rings. The molecular weight excluding hydrogens is 266 g/mol. The van der Waals surface area contributed by atoms with Crippen molar-refractivity contribution in [1.29, 1.82) is 0 Å². The molecule has 0 bridgehead atoms. The van der Waals surface area contributed by atoms with Gasteiger partial charge in [-0.15, -0.1) is 0 Å². The minimum absolute atomic E-state index is 0.0221. The number of aliphatic hydroxyl groups is 1. The molecule has 0 radical (unpaired) electrons. The molecule has 0 amide bonds. The van der Waals surface area contributed by atoms with Gasteiger partial charge in [0.05, 0.1) is 5.69 Å². The summed E-state index contributed by atoms with van der Waals surface area (Å²) < 4.78 is 26.5. The summed E-state index contributed by atoms with van der Waals surface area (Å²) in [7, 11) is -3.59. The van der Waals surface area contributed by atoms with Crippen molar-refractivity contribution in [3.63, 3.8) is 0 Å². The Kier molecular flexibility index (Phi) is 4.38. The quantitative estimate of drug-likeness (QED) is 0.824. The molecule has 0 aromatic carbocycles. The summed E-state index contributed by atoms with van der Waals surface area (Å²) in [5.41, 5.74) is 0.525. The zero-order chi connectivity index (χ0) is 13.9. The van der Waals surface area contributed by atoms with Gasteiger partial charge >= 0.3 is 0 Å². The van der Waals surface area contributed by atoms with Crippen LogP contribution in [0, 0.1) is 5.92 Å². The molecule has 1 saturated heterocycles. The Labute approximate surface area is 113 Å². The van der Waals surface area contributed by atoms with E-state index in [4.69, 9.17) is 5.11 Å². The summed E-state index contributed by atoms with van der Waals surface area (Å²) in [5.74, 6) is 0.0288. The van der Waals surface area contributed by atoms with Crippen LogP contribution < -0.4 is 5.32 Å². The second kappa shape index (κ2) is 5.85. The van der Waals surface area contributed by atoms with Crippen LogP contribution in [-0.4, -0.2) is 49.1 Å². The summed E-state index contributed by atoms with van der Waals surface area (Å²) >= 11 is 0. The molecule has 2 rings (SSSR count). The Morgan fingerprint density at radius 3 is 3.00 bits per heavy atom. The second-order valence-electron chi connectivity index (χ2n) is 4.59. The number of rotatable bonds is 5. The van der Waals surface area contributed by atoms with Crippen LogP contribution in [0.5, 0.6) is 0 Å². The highest BCUT2D eigenvalue weighted by molar-refractivity contribution is 7.89. The van der Waals surface area contributed by atoms with E-state index < -0.39 is 10.0 Å². The Morgan fingerprint density at radius 2 is 2.37 bits per heavy atom. The summed E-state index contributed by atoms with van der Waals surface area (Å²) in [6.45, 7) is 3.36. The molecule has 7 heteroatoms. The van der Waals surface area contributed by atoms with E-state index in [0.717, 1.165) is 0 Å². The van der Waals surface area contributed by atoms with Crippen LogP contribution in [-0.2, 0) is 10.0 Å². The van der Waals surface area contributed by atoms with Gasteiger partial charge < -0.3 is 10.4 Å². The Bertz CT molecular complexity index is 533. The second-order valence-corrected chi connectivity index (χ2v) is 6.44. The van der Waals surface area contributed by atoms with Gasteiger partial charge in [-0.1, -0.05) is 0 Å². The number of nitrogens with one attached hydrogen (secondary N) is 1. The van der Waals surface area contributed by atoms with Crippen molar-refractivity contribution in [1.82, 2.24) is 9.29 Å². The fourth-order valence-corrected chi connectivity index (χ4v) is 3.82. The van der Waals surface area contributed by atoms with Gasteiger partial charge in [0.1, 0.15) is 0 Å². The predicted octanol–water partition coefficient (Wildman–Crippen LogP) is 0.516. The van der Waals surface area contributed by atoms with Crippen molar-refractivity contribution in [2.45, 2.75) is 18.4 Å². The number of anilines is 1. The Balaban J connectivity index is 2.30. The lowest BCUT2D eigenvalue weighted by molar-refractivity contribution is 0.233. The maximum absolute atomic E-state index is 12.5. The first kappa shape index (κ1) is 14.2. The summed E-state index contributed by atoms with van der Waals surface area (Å²) in [6, 6.07) is 3.42. The molecule has 1 unspecified atom stereocenters. The number of hydrogen-bond donors (Lipinski definition) is 2. The lowest BCUT2D eigenvalue weighted by Gasteiger charge is -2.18. The molecule has 1 aliphatic heterocycles. The molecule has 6 nitrogen and oxygen atoms in total. The van der Waals surface area contributed by atoms with Crippen LogP contribution in [0.25, 0.3) is 0 Å². The molecular formula is C12H19N3O3S. The molecule has 0 aliphatic carbocycles. The zero-order valence-electron chi connectivity index (χ0n) is 10.9. The van der Waals surface area contributed by atoms with E-state index >= 15 is 0 Å². The van der Waals surface area contributed by atoms with E-state index in [1.54, 1.807) is 12.1 Å². The number of aliphatic hydroxyl groups excluding tert-OH is 1. The molecule has 1 aromatic heterocycles. The van der Waals surface area contributed by atoms with E-state index in [1.165, 1.54) is 10.5 Å². The normalized spacial score (nSPS) is 20.6. The topological polar surface area (TPSA) is 82.5 Å². The lowest BCUT2D eigenvalue weighted by Crippen LogP contribution is -2.30. The third-order valence-electron chi connectivity index (χ3n) is 3.23. The number of pyridine rings is 1. The third kappa shape index (κ3) is 2.88. The van der Waals surface area contributed by atoms with Gasteiger partial charge in [-0.3, -0.25) is 0 Å². The van der Waals surface area contributed by atoms with Crippen LogP contribution in [0.3, 0.4) is 0 Å². The van der Waals surface area contributed by atoms with E-state index in [2.05, 4.69) is 10.3 Å². The van der Waals surface area contributed by atoms with Crippen molar-refractivity contribution >= 4 is 15.7 Å². The number of hydrogen-bond acceptors (Lipinski definition) is 5. The Hall–Kier alpha value is -1.18. The van der Waals surface area contributed by atoms with E-state index in [0.29, 0.717) is 31.7 Å². The van der Waals surface area contributed by atoms with Crippen molar-refractivity contribution in [2.24, 2.45) is 5.92 Å². The maximum Gasteiger partial charge on any atom is 0.262 e. The molecule has 0 spiro atoms. The molecule has 2 heterocycles. The minimum atomic E-state index is -3.59. The molecule has 1 fully saturated rings. The first-order chi connectivity index (χ1) is 9.09. The van der Waals surface area contributed by atoms with Gasteiger partial charge in [-0.2, -0.15) is 4.31 Å². The molecule has 0 saturated carbocycles.